The monoisotopic (exact) mass is 221 g/mol. The summed E-state index contributed by atoms with van der Waals surface area (Å²) in [5, 5.41) is 3.43. The van der Waals surface area contributed by atoms with E-state index >= 15 is 0 Å². The van der Waals surface area contributed by atoms with Gasteiger partial charge >= 0.3 is 0 Å². The molecule has 2 aliphatic heterocycles. The molecular formula is C12H16FN3. The molecule has 3 rings (SSSR count). The fraction of sp³-hybridized carbons (Fsp3) is 0.583. The van der Waals surface area contributed by atoms with E-state index in [0.29, 0.717) is 17.8 Å². The smallest absolute Gasteiger partial charge is 0.132 e. The number of nitrogens with one attached hydrogen (secondary N) is 1. The molecule has 1 aromatic heterocycles. The largest absolute Gasteiger partial charge is 0.348 e. The van der Waals surface area contributed by atoms with Gasteiger partial charge in [-0.25, -0.2) is 9.37 Å². The third-order valence-electron chi connectivity index (χ3n) is 3.54. The van der Waals surface area contributed by atoms with E-state index in [0.717, 1.165) is 25.3 Å². The van der Waals surface area contributed by atoms with Crippen LogP contribution in [-0.4, -0.2) is 30.2 Å². The highest BCUT2D eigenvalue weighted by Crippen LogP contribution is 2.33. The summed E-state index contributed by atoms with van der Waals surface area (Å²) < 4.78 is 12.6. The molecule has 16 heavy (non-hydrogen) atoms. The zero-order valence-electron chi connectivity index (χ0n) is 9.41. The first kappa shape index (κ1) is 10.0. The Hall–Kier alpha value is -1.16. The van der Waals surface area contributed by atoms with Gasteiger partial charge in [-0.1, -0.05) is 6.07 Å². The molecule has 3 nitrogen and oxygen atoms in total. The maximum atomic E-state index is 12.6. The van der Waals surface area contributed by atoms with Gasteiger partial charge in [0.2, 0.25) is 0 Å². The van der Waals surface area contributed by atoms with E-state index in [4.69, 9.17) is 0 Å². The minimum Gasteiger partial charge on any atom is -0.348 e. The quantitative estimate of drug-likeness (QED) is 0.774. The van der Waals surface area contributed by atoms with Gasteiger partial charge in [-0.15, -0.1) is 0 Å². The molecule has 3 heterocycles. The molecule has 0 unspecified atom stereocenters. The van der Waals surface area contributed by atoms with Gasteiger partial charge in [0.25, 0.3) is 0 Å². The van der Waals surface area contributed by atoms with Gasteiger partial charge in [-0.05, 0) is 25.0 Å². The summed E-state index contributed by atoms with van der Waals surface area (Å²) in [5.41, 5.74) is 1.81. The number of anilines is 1. The van der Waals surface area contributed by atoms with Gasteiger partial charge in [0.15, 0.2) is 0 Å². The number of halogens is 1. The van der Waals surface area contributed by atoms with Gasteiger partial charge in [-0.3, -0.25) is 0 Å². The molecule has 86 valence electrons. The second-order valence-electron chi connectivity index (χ2n) is 4.69. The Labute approximate surface area is 94.7 Å². The minimum atomic E-state index is -0.474. The first-order valence-corrected chi connectivity index (χ1v) is 5.83. The topological polar surface area (TPSA) is 28.2 Å². The molecular weight excluding hydrogens is 205 g/mol. The first-order valence-electron chi connectivity index (χ1n) is 5.83. The van der Waals surface area contributed by atoms with Gasteiger partial charge in [0, 0.05) is 25.2 Å². The maximum absolute atomic E-state index is 12.6. The van der Waals surface area contributed by atoms with Crippen molar-refractivity contribution in [2.24, 2.45) is 0 Å². The normalized spacial score (nSPS) is 27.8. The fourth-order valence-electron chi connectivity index (χ4n) is 2.80. The highest BCUT2D eigenvalue weighted by atomic mass is 19.1. The summed E-state index contributed by atoms with van der Waals surface area (Å²) in [6.45, 7) is 3.71. The fourth-order valence-corrected chi connectivity index (χ4v) is 2.80. The van der Waals surface area contributed by atoms with Gasteiger partial charge in [0.05, 0.1) is 5.69 Å². The molecule has 1 fully saturated rings. The van der Waals surface area contributed by atoms with Crippen LogP contribution in [0.2, 0.25) is 0 Å². The predicted molar refractivity (Wildman–Crippen MR) is 61.4 cm³/mol. The molecule has 0 spiro atoms. The van der Waals surface area contributed by atoms with Crippen LogP contribution in [0.1, 0.15) is 18.2 Å². The number of hydrogen-bond donors (Lipinski definition) is 1. The van der Waals surface area contributed by atoms with Crippen molar-refractivity contribution in [3.63, 3.8) is 0 Å². The molecule has 2 atom stereocenters. The Morgan fingerprint density at radius 1 is 1.50 bits per heavy atom. The lowest BCUT2D eigenvalue weighted by atomic mass is 10.1. The summed E-state index contributed by atoms with van der Waals surface area (Å²) in [6, 6.07) is 4.78. The highest BCUT2D eigenvalue weighted by molar-refractivity contribution is 5.56. The molecule has 1 aromatic rings. The van der Waals surface area contributed by atoms with Crippen molar-refractivity contribution >= 4 is 5.82 Å². The number of nitrogens with zero attached hydrogens (tertiary/aromatic N) is 2. The van der Waals surface area contributed by atoms with Crippen LogP contribution in [0, 0.1) is 0 Å². The second-order valence-corrected chi connectivity index (χ2v) is 4.69. The van der Waals surface area contributed by atoms with Crippen LogP contribution in [0.3, 0.4) is 0 Å². The Morgan fingerprint density at radius 2 is 2.38 bits per heavy atom. The Balaban J connectivity index is 2.01. The molecule has 0 amide bonds. The van der Waals surface area contributed by atoms with E-state index in [1.807, 2.05) is 6.07 Å². The number of alkyl halides is 1. The summed E-state index contributed by atoms with van der Waals surface area (Å²) in [6.07, 6.45) is 1.03. The van der Waals surface area contributed by atoms with Crippen molar-refractivity contribution in [2.75, 3.05) is 18.0 Å². The van der Waals surface area contributed by atoms with E-state index in [1.165, 1.54) is 5.56 Å². The predicted octanol–water partition coefficient (Wildman–Crippen LogP) is 1.27. The average molecular weight is 221 g/mol. The van der Waals surface area contributed by atoms with Crippen LogP contribution >= 0.6 is 0 Å². The van der Waals surface area contributed by atoms with Crippen molar-refractivity contribution in [1.82, 2.24) is 10.3 Å². The Morgan fingerprint density at radius 3 is 3.19 bits per heavy atom. The van der Waals surface area contributed by atoms with E-state index in [2.05, 4.69) is 22.1 Å². The molecule has 0 aliphatic carbocycles. The van der Waals surface area contributed by atoms with Gasteiger partial charge in [0.1, 0.15) is 12.5 Å². The lowest BCUT2D eigenvalue weighted by Crippen LogP contribution is -2.55. The molecule has 0 bridgehead atoms. The van der Waals surface area contributed by atoms with E-state index in [-0.39, 0.29) is 0 Å². The van der Waals surface area contributed by atoms with Crippen molar-refractivity contribution in [3.05, 3.63) is 23.4 Å². The molecule has 0 saturated carbocycles. The van der Waals surface area contributed by atoms with E-state index in [1.54, 1.807) is 6.07 Å². The van der Waals surface area contributed by atoms with Crippen LogP contribution in [0.25, 0.3) is 0 Å². The number of piperazine rings is 1. The number of rotatable bonds is 1. The molecule has 2 aliphatic rings. The van der Waals surface area contributed by atoms with E-state index in [9.17, 15) is 4.39 Å². The van der Waals surface area contributed by atoms with E-state index < -0.39 is 6.67 Å². The molecule has 1 saturated heterocycles. The van der Waals surface area contributed by atoms with Crippen molar-refractivity contribution in [3.8, 4) is 0 Å². The number of pyridine rings is 1. The zero-order valence-corrected chi connectivity index (χ0v) is 9.41. The van der Waals surface area contributed by atoms with Crippen molar-refractivity contribution in [2.45, 2.75) is 32.1 Å². The Bertz CT molecular complexity index is 407. The number of fused-ring (bicyclic) bond motifs is 3. The van der Waals surface area contributed by atoms with Crippen molar-refractivity contribution in [1.29, 1.82) is 0 Å². The van der Waals surface area contributed by atoms with Crippen LogP contribution < -0.4 is 10.2 Å². The summed E-state index contributed by atoms with van der Waals surface area (Å²) >= 11 is 0. The SMILES string of the molecule is C[C@@H]1CNC[C@H]2Cc3ccc(CF)nc3N21. The standard InChI is InChI=1S/C12H16FN3/c1-8-6-14-7-11-4-9-2-3-10(5-13)15-12(9)16(8)11/h2-3,8,11,14H,4-7H2,1H3/t8-,11-/m1/s1. The third-order valence-corrected chi connectivity index (χ3v) is 3.54. The van der Waals surface area contributed by atoms with Crippen LogP contribution in [-0.2, 0) is 13.1 Å². The minimum absolute atomic E-state index is 0.447. The summed E-state index contributed by atoms with van der Waals surface area (Å²) in [5.74, 6) is 1.01. The Kier molecular flexibility index (Phi) is 2.32. The summed E-state index contributed by atoms with van der Waals surface area (Å²) in [7, 11) is 0. The molecule has 0 aromatic carbocycles. The maximum Gasteiger partial charge on any atom is 0.132 e. The zero-order chi connectivity index (χ0) is 11.1. The number of aromatic nitrogens is 1. The lowest BCUT2D eigenvalue weighted by molar-refractivity contribution is 0.426. The van der Waals surface area contributed by atoms with Crippen LogP contribution in [0.5, 0.6) is 0 Å². The highest BCUT2D eigenvalue weighted by Gasteiger charge is 2.36. The number of hydrogen-bond acceptors (Lipinski definition) is 3. The van der Waals surface area contributed by atoms with Crippen molar-refractivity contribution < 1.29 is 4.39 Å². The second kappa shape index (κ2) is 3.70. The summed E-state index contributed by atoms with van der Waals surface area (Å²) in [4.78, 5) is 6.78. The van der Waals surface area contributed by atoms with Gasteiger partial charge < -0.3 is 10.2 Å². The molecule has 1 N–H and O–H groups in total. The van der Waals surface area contributed by atoms with Gasteiger partial charge in [-0.2, -0.15) is 0 Å². The van der Waals surface area contributed by atoms with Crippen LogP contribution in [0.4, 0.5) is 10.2 Å². The van der Waals surface area contributed by atoms with Crippen LogP contribution in [0.15, 0.2) is 12.1 Å². The third kappa shape index (κ3) is 1.40. The average Bonchev–Trinajstić information content (AvgIpc) is 2.67. The lowest BCUT2D eigenvalue weighted by Gasteiger charge is -2.37. The molecule has 4 heteroatoms. The molecule has 0 radical (unpaired) electrons. The first-order chi connectivity index (χ1) is 7.79.